The highest BCUT2D eigenvalue weighted by Gasteiger charge is 2.14. The Balaban J connectivity index is 2.22. The van der Waals surface area contributed by atoms with Gasteiger partial charge in [-0.25, -0.2) is 0 Å². The average molecular weight is 262 g/mol. The normalized spacial score (nSPS) is 12.4. The van der Waals surface area contributed by atoms with Crippen LogP contribution >= 0.6 is 11.6 Å². The second-order valence-corrected chi connectivity index (χ2v) is 4.93. The minimum Gasteiger partial charge on any atom is -0.386 e. The van der Waals surface area contributed by atoms with Crippen molar-refractivity contribution in [1.82, 2.24) is 4.98 Å². The first-order valence-electron chi connectivity index (χ1n) is 5.92. The van der Waals surface area contributed by atoms with E-state index in [4.69, 9.17) is 11.6 Å². The maximum absolute atomic E-state index is 10.2. The van der Waals surface area contributed by atoms with Crippen LogP contribution in [0.4, 0.5) is 0 Å². The molecule has 94 valence electrons. The highest BCUT2D eigenvalue weighted by Crippen LogP contribution is 2.24. The van der Waals surface area contributed by atoms with Crippen molar-refractivity contribution in [2.45, 2.75) is 26.4 Å². The van der Waals surface area contributed by atoms with Crippen molar-refractivity contribution in [3.63, 3.8) is 0 Å². The Kier molecular flexibility index (Phi) is 4.00. The third kappa shape index (κ3) is 2.89. The first-order valence-corrected chi connectivity index (χ1v) is 6.30. The van der Waals surface area contributed by atoms with E-state index in [0.717, 1.165) is 22.4 Å². The van der Waals surface area contributed by atoms with E-state index in [1.807, 2.05) is 44.2 Å². The second kappa shape index (κ2) is 5.51. The third-order valence-electron chi connectivity index (χ3n) is 2.94. The van der Waals surface area contributed by atoms with Crippen molar-refractivity contribution in [2.24, 2.45) is 0 Å². The van der Waals surface area contributed by atoms with Gasteiger partial charge < -0.3 is 5.11 Å². The lowest BCUT2D eigenvalue weighted by atomic mass is 10.0. The summed E-state index contributed by atoms with van der Waals surface area (Å²) >= 11 is 6.09. The Labute approximate surface area is 112 Å². The molecule has 18 heavy (non-hydrogen) atoms. The van der Waals surface area contributed by atoms with Crippen LogP contribution in [-0.2, 0) is 6.42 Å². The summed E-state index contributed by atoms with van der Waals surface area (Å²) < 4.78 is 0. The van der Waals surface area contributed by atoms with Crippen LogP contribution in [0.1, 0.15) is 28.5 Å². The van der Waals surface area contributed by atoms with Crippen molar-refractivity contribution < 1.29 is 5.11 Å². The molecule has 0 saturated heterocycles. The molecule has 1 N–H and O–H groups in total. The van der Waals surface area contributed by atoms with Crippen molar-refractivity contribution in [3.05, 3.63) is 63.9 Å². The van der Waals surface area contributed by atoms with Crippen LogP contribution in [-0.4, -0.2) is 10.1 Å². The number of aromatic nitrogens is 1. The van der Waals surface area contributed by atoms with Gasteiger partial charge in [-0.1, -0.05) is 35.9 Å². The molecule has 0 aliphatic carbocycles. The van der Waals surface area contributed by atoms with Crippen LogP contribution in [0.5, 0.6) is 0 Å². The monoisotopic (exact) mass is 261 g/mol. The number of nitrogens with zero attached hydrogens (tertiary/aromatic N) is 1. The number of aliphatic hydroxyl groups excluding tert-OH is 1. The number of hydrogen-bond donors (Lipinski definition) is 1. The van der Waals surface area contributed by atoms with E-state index in [1.54, 1.807) is 6.20 Å². The van der Waals surface area contributed by atoms with E-state index in [2.05, 4.69) is 4.98 Å². The molecule has 0 aliphatic rings. The van der Waals surface area contributed by atoms with Crippen LogP contribution < -0.4 is 0 Å². The molecule has 0 aliphatic heterocycles. The molecule has 1 aromatic carbocycles. The van der Waals surface area contributed by atoms with E-state index in [0.29, 0.717) is 11.4 Å². The van der Waals surface area contributed by atoms with Crippen molar-refractivity contribution >= 4 is 11.6 Å². The quantitative estimate of drug-likeness (QED) is 0.915. The van der Waals surface area contributed by atoms with Gasteiger partial charge in [0.25, 0.3) is 0 Å². The summed E-state index contributed by atoms with van der Waals surface area (Å²) in [4.78, 5) is 4.31. The van der Waals surface area contributed by atoms with Crippen LogP contribution in [0.3, 0.4) is 0 Å². The molecule has 0 radical (unpaired) electrons. The summed E-state index contributed by atoms with van der Waals surface area (Å²) in [6.45, 7) is 3.95. The van der Waals surface area contributed by atoms with Gasteiger partial charge in [0.2, 0.25) is 0 Å². The predicted octanol–water partition coefficient (Wildman–Crippen LogP) is 3.63. The van der Waals surface area contributed by atoms with Gasteiger partial charge >= 0.3 is 0 Å². The molecule has 0 bridgehead atoms. The Morgan fingerprint density at radius 1 is 1.28 bits per heavy atom. The van der Waals surface area contributed by atoms with E-state index in [-0.39, 0.29) is 0 Å². The number of aliphatic hydroxyl groups is 1. The number of aryl methyl sites for hydroxylation is 2. The molecule has 2 aromatic rings. The first kappa shape index (κ1) is 13.1. The molecular formula is C15H16ClNO. The fourth-order valence-corrected chi connectivity index (χ4v) is 2.26. The zero-order valence-electron chi connectivity index (χ0n) is 10.5. The van der Waals surface area contributed by atoms with Crippen molar-refractivity contribution in [2.75, 3.05) is 0 Å². The minimum atomic E-state index is -0.620. The molecule has 0 spiro atoms. The zero-order valence-corrected chi connectivity index (χ0v) is 11.3. The minimum absolute atomic E-state index is 0.483. The molecule has 1 atom stereocenters. The standard InChI is InChI=1S/C15H16ClNO/c1-10-7-11(2)15(17-9-10)14(18)8-12-5-3-4-6-13(12)16/h3-7,9,14,18H,8H2,1-2H3. The Hall–Kier alpha value is -1.38. The van der Waals surface area contributed by atoms with Crippen molar-refractivity contribution in [1.29, 1.82) is 0 Å². The summed E-state index contributed by atoms with van der Waals surface area (Å²) in [5, 5.41) is 10.9. The van der Waals surface area contributed by atoms with Gasteiger partial charge in [0.15, 0.2) is 0 Å². The molecular weight excluding hydrogens is 246 g/mol. The third-order valence-corrected chi connectivity index (χ3v) is 3.31. The smallest absolute Gasteiger partial charge is 0.100 e. The number of halogens is 1. The van der Waals surface area contributed by atoms with Gasteiger partial charge in [-0.2, -0.15) is 0 Å². The lowest BCUT2D eigenvalue weighted by Gasteiger charge is -2.14. The van der Waals surface area contributed by atoms with Crippen LogP contribution in [0, 0.1) is 13.8 Å². The number of benzene rings is 1. The topological polar surface area (TPSA) is 33.1 Å². The van der Waals surface area contributed by atoms with Crippen LogP contribution in [0.25, 0.3) is 0 Å². The van der Waals surface area contributed by atoms with E-state index < -0.39 is 6.10 Å². The summed E-state index contributed by atoms with van der Waals surface area (Å²) in [5.41, 5.74) is 3.77. The van der Waals surface area contributed by atoms with Gasteiger partial charge in [-0.3, -0.25) is 4.98 Å². The number of pyridine rings is 1. The molecule has 2 nitrogen and oxygen atoms in total. The maximum Gasteiger partial charge on any atom is 0.100 e. The lowest BCUT2D eigenvalue weighted by Crippen LogP contribution is -2.07. The van der Waals surface area contributed by atoms with Gasteiger partial charge in [0.05, 0.1) is 5.69 Å². The van der Waals surface area contributed by atoms with Gasteiger partial charge in [0.1, 0.15) is 6.10 Å². The lowest BCUT2D eigenvalue weighted by molar-refractivity contribution is 0.173. The fraction of sp³-hybridized carbons (Fsp3) is 0.267. The van der Waals surface area contributed by atoms with Crippen molar-refractivity contribution in [3.8, 4) is 0 Å². The molecule has 1 unspecified atom stereocenters. The van der Waals surface area contributed by atoms with Gasteiger partial charge in [-0.15, -0.1) is 0 Å². The largest absolute Gasteiger partial charge is 0.386 e. The Morgan fingerprint density at radius 2 is 2.00 bits per heavy atom. The SMILES string of the molecule is Cc1cnc(C(O)Cc2ccccc2Cl)c(C)c1. The molecule has 1 heterocycles. The first-order chi connectivity index (χ1) is 8.58. The fourth-order valence-electron chi connectivity index (χ4n) is 2.04. The Morgan fingerprint density at radius 3 is 2.67 bits per heavy atom. The number of rotatable bonds is 3. The molecule has 0 amide bonds. The second-order valence-electron chi connectivity index (χ2n) is 4.53. The molecule has 0 fully saturated rings. The number of hydrogen-bond acceptors (Lipinski definition) is 2. The van der Waals surface area contributed by atoms with E-state index in [1.165, 1.54) is 0 Å². The van der Waals surface area contributed by atoms with Gasteiger partial charge in [-0.05, 0) is 36.6 Å². The van der Waals surface area contributed by atoms with E-state index in [9.17, 15) is 5.11 Å². The molecule has 3 heteroatoms. The highest BCUT2D eigenvalue weighted by molar-refractivity contribution is 6.31. The summed E-state index contributed by atoms with van der Waals surface area (Å²) in [6, 6.07) is 9.59. The molecule has 0 saturated carbocycles. The zero-order chi connectivity index (χ0) is 13.1. The predicted molar refractivity (Wildman–Crippen MR) is 73.8 cm³/mol. The van der Waals surface area contributed by atoms with Gasteiger partial charge in [0, 0.05) is 17.6 Å². The average Bonchev–Trinajstić information content (AvgIpc) is 2.32. The van der Waals surface area contributed by atoms with Crippen LogP contribution in [0.2, 0.25) is 5.02 Å². The van der Waals surface area contributed by atoms with E-state index >= 15 is 0 Å². The summed E-state index contributed by atoms with van der Waals surface area (Å²) in [6.07, 6.45) is 1.64. The van der Waals surface area contributed by atoms with Crippen LogP contribution in [0.15, 0.2) is 36.5 Å². The summed E-state index contributed by atoms with van der Waals surface area (Å²) in [7, 11) is 0. The highest BCUT2D eigenvalue weighted by atomic mass is 35.5. The molecule has 1 aromatic heterocycles. The maximum atomic E-state index is 10.2. The molecule has 2 rings (SSSR count). The Bertz CT molecular complexity index is 554. The summed E-state index contributed by atoms with van der Waals surface area (Å²) in [5.74, 6) is 0.